The van der Waals surface area contributed by atoms with Gasteiger partial charge < -0.3 is 19.7 Å². The molecule has 11 heteroatoms. The van der Waals surface area contributed by atoms with Gasteiger partial charge in [-0.3, -0.25) is 14.5 Å². The Morgan fingerprint density at radius 3 is 2.34 bits per heavy atom. The number of carbonyl (C=O) groups is 2. The number of alkyl halides is 3. The molecule has 0 aromatic heterocycles. The quantitative estimate of drug-likeness (QED) is 0.275. The van der Waals surface area contributed by atoms with Gasteiger partial charge in [0.15, 0.2) is 5.11 Å². The summed E-state index contributed by atoms with van der Waals surface area (Å²) in [6.07, 6.45) is -3.50. The zero-order valence-corrected chi connectivity index (χ0v) is 23.4. The topological polar surface area (TPSA) is 71.1 Å². The molecule has 3 aromatic rings. The number of carbonyl (C=O) groups excluding carboxylic acids is 2. The molecule has 1 heterocycles. The zero-order valence-electron chi connectivity index (χ0n) is 22.6. The van der Waals surface area contributed by atoms with Gasteiger partial charge in [-0.2, -0.15) is 13.2 Å². The van der Waals surface area contributed by atoms with E-state index >= 15 is 0 Å². The predicted molar refractivity (Wildman–Crippen MR) is 154 cm³/mol. The molecule has 0 bridgehead atoms. The molecule has 0 aliphatic carbocycles. The van der Waals surface area contributed by atoms with Crippen LogP contribution in [0.1, 0.15) is 30.9 Å². The lowest BCUT2D eigenvalue weighted by Crippen LogP contribution is -2.39. The first kappa shape index (κ1) is 29.9. The van der Waals surface area contributed by atoms with Gasteiger partial charge in [-0.1, -0.05) is 25.1 Å². The first-order chi connectivity index (χ1) is 19.6. The fourth-order valence-electron chi connectivity index (χ4n) is 4.43. The third kappa shape index (κ3) is 7.35. The maximum Gasteiger partial charge on any atom is 0.416 e. The van der Waals surface area contributed by atoms with E-state index in [1.54, 1.807) is 48.4 Å². The van der Waals surface area contributed by atoms with Crippen molar-refractivity contribution >= 4 is 40.5 Å². The monoisotopic (exact) mass is 585 g/mol. The van der Waals surface area contributed by atoms with Crippen molar-refractivity contribution in [1.29, 1.82) is 0 Å². The molecular formula is C30H30F3N3O4S. The fourth-order valence-corrected chi connectivity index (χ4v) is 4.84. The van der Waals surface area contributed by atoms with Gasteiger partial charge in [0.2, 0.25) is 5.91 Å². The molecule has 4 rings (SSSR count). The minimum Gasteiger partial charge on any atom is -0.497 e. The number of nitrogens with zero attached hydrogens (tertiary/aromatic N) is 2. The van der Waals surface area contributed by atoms with E-state index in [4.69, 9.17) is 21.7 Å². The van der Waals surface area contributed by atoms with E-state index in [2.05, 4.69) is 5.32 Å². The Morgan fingerprint density at radius 1 is 1.02 bits per heavy atom. The molecule has 3 aromatic carbocycles. The van der Waals surface area contributed by atoms with Crippen molar-refractivity contribution in [3.63, 3.8) is 0 Å². The van der Waals surface area contributed by atoms with Crippen molar-refractivity contribution in [1.82, 2.24) is 4.90 Å². The summed E-state index contributed by atoms with van der Waals surface area (Å²) in [6, 6.07) is 17.7. The van der Waals surface area contributed by atoms with Crippen LogP contribution in [-0.4, -0.2) is 48.1 Å². The second kappa shape index (κ2) is 13.0. The second-order valence-corrected chi connectivity index (χ2v) is 9.80. The van der Waals surface area contributed by atoms with Crippen LogP contribution in [0.5, 0.6) is 11.5 Å². The van der Waals surface area contributed by atoms with Gasteiger partial charge in [-0.25, -0.2) is 0 Å². The number of thiocarbonyl (C=S) groups is 1. The molecule has 0 spiro atoms. The van der Waals surface area contributed by atoms with Crippen molar-refractivity contribution in [3.05, 3.63) is 83.9 Å². The number of amides is 2. The second-order valence-electron chi connectivity index (χ2n) is 9.44. The van der Waals surface area contributed by atoms with Crippen LogP contribution in [0.4, 0.5) is 24.5 Å². The lowest BCUT2D eigenvalue weighted by molar-refractivity contribution is -0.137. The first-order valence-corrected chi connectivity index (χ1v) is 13.5. The molecule has 1 aliphatic rings. The number of anilines is 2. The van der Waals surface area contributed by atoms with E-state index in [0.29, 0.717) is 30.2 Å². The highest BCUT2D eigenvalue weighted by Gasteiger charge is 2.44. The van der Waals surface area contributed by atoms with Gasteiger partial charge in [-0.15, -0.1) is 0 Å². The first-order valence-electron chi connectivity index (χ1n) is 13.1. The third-order valence-electron chi connectivity index (χ3n) is 6.54. The Balaban J connectivity index is 1.55. The van der Waals surface area contributed by atoms with E-state index in [-0.39, 0.29) is 23.8 Å². The van der Waals surface area contributed by atoms with E-state index in [1.165, 1.54) is 12.1 Å². The van der Waals surface area contributed by atoms with Crippen molar-refractivity contribution in [2.75, 3.05) is 30.5 Å². The highest BCUT2D eigenvalue weighted by Crippen LogP contribution is 2.34. The summed E-state index contributed by atoms with van der Waals surface area (Å²) < 4.78 is 51.0. The van der Waals surface area contributed by atoms with Crippen LogP contribution in [0.2, 0.25) is 0 Å². The van der Waals surface area contributed by atoms with Gasteiger partial charge in [0.25, 0.3) is 5.91 Å². The lowest BCUT2D eigenvalue weighted by Gasteiger charge is -2.24. The summed E-state index contributed by atoms with van der Waals surface area (Å²) in [7, 11) is 1.57. The highest BCUT2D eigenvalue weighted by atomic mass is 32.1. The molecule has 1 aliphatic heterocycles. The molecule has 41 heavy (non-hydrogen) atoms. The molecule has 1 unspecified atom stereocenters. The van der Waals surface area contributed by atoms with Crippen LogP contribution in [-0.2, 0) is 22.2 Å². The number of hydrogen-bond acceptors (Lipinski definition) is 5. The summed E-state index contributed by atoms with van der Waals surface area (Å²) in [4.78, 5) is 29.3. The zero-order chi connectivity index (χ0) is 29.6. The number of benzene rings is 3. The predicted octanol–water partition coefficient (Wildman–Crippen LogP) is 6.08. The van der Waals surface area contributed by atoms with Gasteiger partial charge >= 0.3 is 6.18 Å². The summed E-state index contributed by atoms with van der Waals surface area (Å²) in [5.41, 5.74) is 0.552. The van der Waals surface area contributed by atoms with E-state index < -0.39 is 29.6 Å². The lowest BCUT2D eigenvalue weighted by atomic mass is 10.1. The minimum absolute atomic E-state index is 0.00477. The normalized spacial score (nSPS) is 15.3. The maximum atomic E-state index is 13.6. The molecule has 2 amide bonds. The smallest absolute Gasteiger partial charge is 0.416 e. The standard InChI is InChI=1S/C30H30F3N3O4S/c1-3-17-40-25-13-9-22(10-14-25)34-27(37)19-26-28(38)36(23-6-4-5-21(18-23)30(31,32)33)29(41)35(26)16-15-20-7-11-24(39-2)12-8-20/h4-14,18,26H,3,15-17,19H2,1-2H3,(H,34,37). The summed E-state index contributed by atoms with van der Waals surface area (Å²) >= 11 is 5.61. The van der Waals surface area contributed by atoms with E-state index in [9.17, 15) is 22.8 Å². The minimum atomic E-state index is -4.59. The molecule has 1 saturated heterocycles. The Kier molecular flexibility index (Phi) is 9.49. The fraction of sp³-hybridized carbons (Fsp3) is 0.300. The van der Waals surface area contributed by atoms with Crippen molar-refractivity contribution in [2.24, 2.45) is 0 Å². The Morgan fingerprint density at radius 2 is 1.71 bits per heavy atom. The maximum absolute atomic E-state index is 13.6. The SMILES string of the molecule is CCCOc1ccc(NC(=O)CC2C(=O)N(c3cccc(C(F)(F)F)c3)C(=S)N2CCc2ccc(OC)cc2)cc1. The van der Waals surface area contributed by atoms with Crippen LogP contribution in [0, 0.1) is 0 Å². The number of ether oxygens (including phenoxy) is 2. The van der Waals surface area contributed by atoms with Crippen molar-refractivity contribution in [3.8, 4) is 11.5 Å². The molecule has 0 saturated carbocycles. The van der Waals surface area contributed by atoms with Crippen molar-refractivity contribution < 1.29 is 32.2 Å². The summed E-state index contributed by atoms with van der Waals surface area (Å²) in [6.45, 7) is 2.84. The molecule has 216 valence electrons. The number of hydrogen-bond donors (Lipinski definition) is 1. The number of nitrogens with one attached hydrogen (secondary N) is 1. The number of halogens is 3. The van der Waals surface area contributed by atoms with Crippen LogP contribution >= 0.6 is 12.2 Å². The average Bonchev–Trinajstić information content (AvgIpc) is 3.19. The van der Waals surface area contributed by atoms with E-state index in [0.717, 1.165) is 29.0 Å². The molecular weight excluding hydrogens is 555 g/mol. The summed E-state index contributed by atoms with van der Waals surface area (Å²) in [5, 5.41) is 2.82. The number of methoxy groups -OCH3 is 1. The number of rotatable bonds is 11. The Labute approximate surface area is 241 Å². The molecule has 1 N–H and O–H groups in total. The molecule has 1 fully saturated rings. The van der Waals surface area contributed by atoms with Gasteiger partial charge in [-0.05, 0) is 85.2 Å². The van der Waals surface area contributed by atoms with Gasteiger partial charge in [0.05, 0.1) is 31.4 Å². The molecule has 7 nitrogen and oxygen atoms in total. The molecule has 0 radical (unpaired) electrons. The van der Waals surface area contributed by atoms with Crippen molar-refractivity contribution in [2.45, 2.75) is 38.4 Å². The van der Waals surface area contributed by atoms with Crippen LogP contribution in [0.15, 0.2) is 72.8 Å². The Hall–Kier alpha value is -4.12. The van der Waals surface area contributed by atoms with E-state index in [1.807, 2.05) is 19.1 Å². The summed E-state index contributed by atoms with van der Waals surface area (Å²) in [5.74, 6) is 0.356. The average molecular weight is 586 g/mol. The third-order valence-corrected chi connectivity index (χ3v) is 6.96. The van der Waals surface area contributed by atoms with Crippen LogP contribution in [0.25, 0.3) is 0 Å². The largest absolute Gasteiger partial charge is 0.497 e. The molecule has 1 atom stereocenters. The van der Waals surface area contributed by atoms with Crippen LogP contribution < -0.4 is 19.7 Å². The Bertz CT molecular complexity index is 1380. The highest BCUT2D eigenvalue weighted by molar-refractivity contribution is 7.80. The van der Waals surface area contributed by atoms with Gasteiger partial charge in [0, 0.05) is 12.2 Å². The van der Waals surface area contributed by atoms with Gasteiger partial charge in [0.1, 0.15) is 17.5 Å². The van der Waals surface area contributed by atoms with Crippen LogP contribution in [0.3, 0.4) is 0 Å².